The molecule has 0 bridgehead atoms. The van der Waals surface area contributed by atoms with Gasteiger partial charge in [-0.3, -0.25) is 9.52 Å². The smallest absolute Gasteiger partial charge is 0.261 e. The van der Waals surface area contributed by atoms with Gasteiger partial charge in [0, 0.05) is 0 Å². The van der Waals surface area contributed by atoms with E-state index < -0.39 is 10.0 Å². The molecule has 1 unspecified atom stereocenters. The van der Waals surface area contributed by atoms with Crippen molar-refractivity contribution in [1.82, 2.24) is 5.32 Å². The fourth-order valence-corrected chi connectivity index (χ4v) is 3.85. The number of nitrogens with one attached hydrogen (secondary N) is 3. The summed E-state index contributed by atoms with van der Waals surface area (Å²) in [6.45, 7) is 0.809. The average molecular weight is 412 g/mol. The van der Waals surface area contributed by atoms with Crippen molar-refractivity contribution in [3.8, 4) is 5.75 Å². The zero-order valence-corrected chi connectivity index (χ0v) is 16.4. The lowest BCUT2D eigenvalue weighted by Crippen LogP contribution is -2.35. The molecular weight excluding hydrogens is 390 g/mol. The molecule has 0 spiro atoms. The molecule has 0 aliphatic carbocycles. The van der Waals surface area contributed by atoms with Gasteiger partial charge in [-0.15, -0.1) is 12.4 Å². The monoisotopic (exact) mass is 411 g/mol. The molecule has 7 nitrogen and oxygen atoms in total. The van der Waals surface area contributed by atoms with E-state index in [4.69, 9.17) is 4.74 Å². The van der Waals surface area contributed by atoms with Crippen LogP contribution in [0.4, 0.5) is 11.4 Å². The van der Waals surface area contributed by atoms with Crippen molar-refractivity contribution >= 4 is 39.7 Å². The van der Waals surface area contributed by atoms with Gasteiger partial charge in [-0.25, -0.2) is 8.42 Å². The number of halogens is 1. The largest absolute Gasteiger partial charge is 0.497 e. The van der Waals surface area contributed by atoms with Gasteiger partial charge in [-0.1, -0.05) is 12.1 Å². The summed E-state index contributed by atoms with van der Waals surface area (Å²) >= 11 is 0. The van der Waals surface area contributed by atoms with Crippen LogP contribution in [0.1, 0.15) is 12.8 Å². The Bertz CT molecular complexity index is 882. The van der Waals surface area contributed by atoms with Crippen LogP contribution in [0.25, 0.3) is 0 Å². The maximum atomic E-state index is 12.6. The number of para-hydroxylation sites is 2. The number of rotatable bonds is 6. The summed E-state index contributed by atoms with van der Waals surface area (Å²) in [5.41, 5.74) is 0.734. The molecule has 1 saturated heterocycles. The van der Waals surface area contributed by atoms with E-state index in [1.807, 2.05) is 0 Å². The highest BCUT2D eigenvalue weighted by Gasteiger charge is 2.23. The van der Waals surface area contributed by atoms with Gasteiger partial charge in [0.2, 0.25) is 5.91 Å². The molecule has 3 N–H and O–H groups in total. The first kappa shape index (κ1) is 21.0. The van der Waals surface area contributed by atoms with Crippen molar-refractivity contribution < 1.29 is 17.9 Å². The van der Waals surface area contributed by atoms with Crippen molar-refractivity contribution in [3.05, 3.63) is 48.5 Å². The van der Waals surface area contributed by atoms with E-state index in [0.717, 1.165) is 19.4 Å². The summed E-state index contributed by atoms with van der Waals surface area (Å²) < 4.78 is 32.8. The first-order valence-corrected chi connectivity index (χ1v) is 9.78. The van der Waals surface area contributed by atoms with E-state index in [9.17, 15) is 13.2 Å². The summed E-state index contributed by atoms with van der Waals surface area (Å²) in [5.74, 6) is 0.402. The first-order valence-electron chi connectivity index (χ1n) is 8.30. The van der Waals surface area contributed by atoms with E-state index in [0.29, 0.717) is 17.1 Å². The lowest BCUT2D eigenvalue weighted by atomic mass is 10.2. The van der Waals surface area contributed by atoms with Gasteiger partial charge in [0.25, 0.3) is 10.0 Å². The van der Waals surface area contributed by atoms with Crippen LogP contribution in [0.2, 0.25) is 0 Å². The van der Waals surface area contributed by atoms with E-state index >= 15 is 0 Å². The van der Waals surface area contributed by atoms with Crippen LogP contribution >= 0.6 is 12.4 Å². The zero-order chi connectivity index (χ0) is 18.6. The van der Waals surface area contributed by atoms with E-state index in [-0.39, 0.29) is 29.3 Å². The first-order chi connectivity index (χ1) is 12.5. The Morgan fingerprint density at radius 1 is 1.11 bits per heavy atom. The summed E-state index contributed by atoms with van der Waals surface area (Å²) in [6, 6.07) is 12.6. The standard InChI is InChI=1S/C18H21N3O4S.ClH/c1-25-13-8-10-14(11-9-13)26(23,24)21-16-6-3-2-5-15(16)20-18(22)17-7-4-12-19-17;/h2-3,5-6,8-11,17,19,21H,4,7,12H2,1H3,(H,20,22);1H. The number of ether oxygens (including phenoxy) is 1. The second-order valence-electron chi connectivity index (χ2n) is 5.96. The second-order valence-corrected chi connectivity index (χ2v) is 7.65. The molecule has 2 aromatic carbocycles. The third-order valence-electron chi connectivity index (χ3n) is 4.18. The number of carbonyl (C=O) groups excluding carboxylic acids is 1. The van der Waals surface area contributed by atoms with E-state index in [2.05, 4.69) is 15.4 Å². The lowest BCUT2D eigenvalue weighted by Gasteiger charge is -2.16. The van der Waals surface area contributed by atoms with Gasteiger partial charge >= 0.3 is 0 Å². The molecule has 146 valence electrons. The third kappa shape index (κ3) is 5.12. The fourth-order valence-electron chi connectivity index (χ4n) is 2.77. The number of sulfonamides is 1. The molecule has 1 fully saturated rings. The Morgan fingerprint density at radius 3 is 2.37 bits per heavy atom. The Kier molecular flexibility index (Phi) is 7.06. The van der Waals surface area contributed by atoms with Crippen LogP contribution in [-0.4, -0.2) is 34.0 Å². The number of carbonyl (C=O) groups is 1. The van der Waals surface area contributed by atoms with Gasteiger partial charge in [-0.2, -0.15) is 0 Å². The predicted molar refractivity (Wildman–Crippen MR) is 107 cm³/mol. The summed E-state index contributed by atoms with van der Waals surface area (Å²) in [5, 5.41) is 5.91. The van der Waals surface area contributed by atoms with Gasteiger partial charge in [0.1, 0.15) is 5.75 Å². The molecule has 1 aliphatic heterocycles. The number of benzene rings is 2. The molecule has 2 aromatic rings. The Morgan fingerprint density at radius 2 is 1.78 bits per heavy atom. The summed E-state index contributed by atoms with van der Waals surface area (Å²) in [6.07, 6.45) is 1.72. The molecule has 1 heterocycles. The quantitative estimate of drug-likeness (QED) is 0.679. The molecule has 1 atom stereocenters. The SMILES string of the molecule is COc1ccc(S(=O)(=O)Nc2ccccc2NC(=O)C2CCCN2)cc1.Cl. The van der Waals surface area contributed by atoms with Crippen molar-refractivity contribution in [2.75, 3.05) is 23.7 Å². The zero-order valence-electron chi connectivity index (χ0n) is 14.8. The molecule has 1 aliphatic rings. The van der Waals surface area contributed by atoms with Crippen LogP contribution < -0.4 is 20.1 Å². The van der Waals surface area contributed by atoms with E-state index in [1.54, 1.807) is 36.4 Å². The molecule has 0 saturated carbocycles. The molecule has 3 rings (SSSR count). The van der Waals surface area contributed by atoms with Gasteiger partial charge < -0.3 is 15.4 Å². The Balaban J connectivity index is 0.00000261. The van der Waals surface area contributed by atoms with Crippen LogP contribution in [0, 0.1) is 0 Å². The number of hydrogen-bond acceptors (Lipinski definition) is 5. The minimum Gasteiger partial charge on any atom is -0.497 e. The Hall–Kier alpha value is -2.29. The van der Waals surface area contributed by atoms with Crippen LogP contribution in [0.5, 0.6) is 5.75 Å². The molecule has 0 aromatic heterocycles. The maximum Gasteiger partial charge on any atom is 0.261 e. The number of amides is 1. The molecular formula is C18H22ClN3O4S. The Labute approximate surface area is 165 Å². The van der Waals surface area contributed by atoms with Crippen LogP contribution in [0.15, 0.2) is 53.4 Å². The highest BCUT2D eigenvalue weighted by molar-refractivity contribution is 7.92. The second kappa shape index (κ2) is 9.07. The van der Waals surface area contributed by atoms with Crippen LogP contribution in [-0.2, 0) is 14.8 Å². The third-order valence-corrected chi connectivity index (χ3v) is 5.56. The lowest BCUT2D eigenvalue weighted by molar-refractivity contribution is -0.117. The van der Waals surface area contributed by atoms with Crippen molar-refractivity contribution in [1.29, 1.82) is 0 Å². The van der Waals surface area contributed by atoms with Crippen LogP contribution in [0.3, 0.4) is 0 Å². The topological polar surface area (TPSA) is 96.5 Å². The molecule has 27 heavy (non-hydrogen) atoms. The number of methoxy groups -OCH3 is 1. The fraction of sp³-hybridized carbons (Fsp3) is 0.278. The molecule has 1 amide bonds. The molecule has 9 heteroatoms. The van der Waals surface area contributed by atoms with E-state index in [1.165, 1.54) is 19.2 Å². The van der Waals surface area contributed by atoms with Crippen molar-refractivity contribution in [3.63, 3.8) is 0 Å². The number of anilines is 2. The minimum atomic E-state index is -3.79. The highest BCUT2D eigenvalue weighted by Crippen LogP contribution is 2.25. The minimum absolute atomic E-state index is 0. The predicted octanol–water partition coefficient (Wildman–Crippen LogP) is 2.61. The number of hydrogen-bond donors (Lipinski definition) is 3. The summed E-state index contributed by atoms with van der Waals surface area (Å²) in [7, 11) is -2.27. The summed E-state index contributed by atoms with van der Waals surface area (Å²) in [4.78, 5) is 12.4. The highest BCUT2D eigenvalue weighted by atomic mass is 35.5. The van der Waals surface area contributed by atoms with Gasteiger partial charge in [0.05, 0.1) is 29.4 Å². The maximum absolute atomic E-state index is 12.6. The van der Waals surface area contributed by atoms with Gasteiger partial charge in [0.15, 0.2) is 0 Å². The molecule has 0 radical (unpaired) electrons. The van der Waals surface area contributed by atoms with Gasteiger partial charge in [-0.05, 0) is 55.8 Å². The average Bonchev–Trinajstić information content (AvgIpc) is 3.18. The van der Waals surface area contributed by atoms with Crippen molar-refractivity contribution in [2.24, 2.45) is 0 Å². The normalized spacial score (nSPS) is 16.3. The van der Waals surface area contributed by atoms with Crippen molar-refractivity contribution in [2.45, 2.75) is 23.8 Å².